The van der Waals surface area contributed by atoms with Crippen LogP contribution in [0.2, 0.25) is 0 Å². The molecule has 2 rings (SSSR count). The van der Waals surface area contributed by atoms with E-state index in [-0.39, 0.29) is 17.8 Å². The zero-order valence-electron chi connectivity index (χ0n) is 8.36. The molecule has 1 aliphatic heterocycles. The Balaban J connectivity index is 1.75. The molecule has 0 radical (unpaired) electrons. The van der Waals surface area contributed by atoms with Gasteiger partial charge in [0.2, 0.25) is 0 Å². The Morgan fingerprint density at radius 1 is 1.53 bits per heavy atom. The van der Waals surface area contributed by atoms with Gasteiger partial charge in [0.15, 0.2) is 5.76 Å². The fraction of sp³-hybridized carbons (Fsp3) is 0.500. The van der Waals surface area contributed by atoms with Crippen LogP contribution in [0.25, 0.3) is 0 Å². The first-order valence-corrected chi connectivity index (χ1v) is 5.06. The second-order valence-corrected chi connectivity index (χ2v) is 3.48. The summed E-state index contributed by atoms with van der Waals surface area (Å²) in [7, 11) is 0. The van der Waals surface area contributed by atoms with E-state index in [4.69, 9.17) is 9.25 Å². The number of hydroxylamine groups is 1. The van der Waals surface area contributed by atoms with Crippen LogP contribution in [-0.2, 0) is 4.84 Å². The Morgan fingerprint density at radius 3 is 3.00 bits per heavy atom. The Morgan fingerprint density at radius 2 is 2.33 bits per heavy atom. The molecular weight excluding hydrogens is 196 g/mol. The molecule has 15 heavy (non-hydrogen) atoms. The van der Waals surface area contributed by atoms with Crippen molar-refractivity contribution in [1.29, 1.82) is 0 Å². The van der Waals surface area contributed by atoms with E-state index in [0.29, 0.717) is 0 Å². The second-order valence-electron chi connectivity index (χ2n) is 3.48. The first-order chi connectivity index (χ1) is 7.36. The summed E-state index contributed by atoms with van der Waals surface area (Å²) in [5, 5.41) is 3.22. The number of hydrogen-bond acceptors (Lipinski definition) is 4. The van der Waals surface area contributed by atoms with E-state index >= 15 is 0 Å². The van der Waals surface area contributed by atoms with Crippen LogP contribution in [0.3, 0.4) is 0 Å². The van der Waals surface area contributed by atoms with Gasteiger partial charge in [-0.3, -0.25) is 9.63 Å². The maximum atomic E-state index is 11.4. The van der Waals surface area contributed by atoms with Gasteiger partial charge in [-0.2, -0.15) is 0 Å². The van der Waals surface area contributed by atoms with E-state index in [1.54, 1.807) is 12.1 Å². The molecule has 5 nitrogen and oxygen atoms in total. The molecule has 0 atom stereocenters. The molecule has 0 saturated carbocycles. The summed E-state index contributed by atoms with van der Waals surface area (Å²) in [6, 6.07) is 3.26. The lowest BCUT2D eigenvalue weighted by atomic mass is 10.1. The minimum absolute atomic E-state index is 0.102. The molecule has 1 amide bonds. The van der Waals surface area contributed by atoms with E-state index in [1.807, 2.05) is 0 Å². The first-order valence-electron chi connectivity index (χ1n) is 5.06. The lowest BCUT2D eigenvalue weighted by Crippen LogP contribution is -2.37. The summed E-state index contributed by atoms with van der Waals surface area (Å²) in [6.45, 7) is 1.86. The Kier molecular flexibility index (Phi) is 3.37. The minimum Gasteiger partial charge on any atom is -0.459 e. The van der Waals surface area contributed by atoms with Crippen molar-refractivity contribution in [3.8, 4) is 0 Å². The Labute approximate surface area is 87.7 Å². The van der Waals surface area contributed by atoms with Crippen LogP contribution in [0, 0.1) is 0 Å². The molecule has 1 aliphatic rings. The van der Waals surface area contributed by atoms with Gasteiger partial charge in [0, 0.05) is 0 Å². The fourth-order valence-electron chi connectivity index (χ4n) is 1.51. The van der Waals surface area contributed by atoms with Crippen molar-refractivity contribution in [3.63, 3.8) is 0 Å². The lowest BCUT2D eigenvalue weighted by Gasteiger charge is -2.22. The Hall–Kier alpha value is -1.33. The Bertz CT molecular complexity index is 304. The van der Waals surface area contributed by atoms with E-state index in [0.717, 1.165) is 25.9 Å². The van der Waals surface area contributed by atoms with Crippen molar-refractivity contribution in [2.24, 2.45) is 0 Å². The highest BCUT2D eigenvalue weighted by molar-refractivity contribution is 5.90. The third-order valence-corrected chi connectivity index (χ3v) is 2.35. The fourth-order valence-corrected chi connectivity index (χ4v) is 1.51. The van der Waals surface area contributed by atoms with Crippen LogP contribution in [0.15, 0.2) is 22.8 Å². The summed E-state index contributed by atoms with van der Waals surface area (Å²) in [5.74, 6) is -0.0672. The lowest BCUT2D eigenvalue weighted by molar-refractivity contribution is -0.0294. The zero-order valence-corrected chi connectivity index (χ0v) is 8.36. The average molecular weight is 210 g/mol. The van der Waals surface area contributed by atoms with Crippen LogP contribution >= 0.6 is 0 Å². The SMILES string of the molecule is O=C(NOC1CCNCC1)c1ccco1. The quantitative estimate of drug-likeness (QED) is 0.720. The van der Waals surface area contributed by atoms with Crippen LogP contribution in [0.4, 0.5) is 0 Å². The molecule has 1 aromatic rings. The molecule has 2 heterocycles. The van der Waals surface area contributed by atoms with Crippen molar-refractivity contribution >= 4 is 5.91 Å². The van der Waals surface area contributed by atoms with Gasteiger partial charge < -0.3 is 9.73 Å². The number of furan rings is 1. The molecule has 1 aromatic heterocycles. The average Bonchev–Trinajstić information content (AvgIpc) is 2.81. The largest absolute Gasteiger partial charge is 0.459 e. The summed E-state index contributed by atoms with van der Waals surface area (Å²) < 4.78 is 4.93. The smallest absolute Gasteiger partial charge is 0.310 e. The van der Waals surface area contributed by atoms with Crippen LogP contribution in [0.5, 0.6) is 0 Å². The molecule has 1 saturated heterocycles. The summed E-state index contributed by atoms with van der Waals surface area (Å²) in [4.78, 5) is 16.7. The molecule has 0 bridgehead atoms. The van der Waals surface area contributed by atoms with E-state index in [1.165, 1.54) is 6.26 Å². The van der Waals surface area contributed by atoms with Crippen molar-refractivity contribution in [2.45, 2.75) is 18.9 Å². The number of rotatable bonds is 3. The van der Waals surface area contributed by atoms with Crippen molar-refractivity contribution in [2.75, 3.05) is 13.1 Å². The van der Waals surface area contributed by atoms with Gasteiger partial charge in [0.05, 0.1) is 12.4 Å². The van der Waals surface area contributed by atoms with Crippen LogP contribution in [-0.4, -0.2) is 25.1 Å². The monoisotopic (exact) mass is 210 g/mol. The highest BCUT2D eigenvalue weighted by Gasteiger charge is 2.16. The molecule has 82 valence electrons. The van der Waals surface area contributed by atoms with Gasteiger partial charge in [0.25, 0.3) is 0 Å². The maximum absolute atomic E-state index is 11.4. The molecule has 0 spiro atoms. The van der Waals surface area contributed by atoms with Crippen LogP contribution < -0.4 is 10.8 Å². The molecule has 0 aliphatic carbocycles. The van der Waals surface area contributed by atoms with Gasteiger partial charge in [-0.1, -0.05) is 0 Å². The number of piperidine rings is 1. The third kappa shape index (κ3) is 2.81. The van der Waals surface area contributed by atoms with Gasteiger partial charge >= 0.3 is 5.91 Å². The van der Waals surface area contributed by atoms with E-state index in [2.05, 4.69) is 10.8 Å². The highest BCUT2D eigenvalue weighted by Crippen LogP contribution is 2.06. The van der Waals surface area contributed by atoms with Crippen molar-refractivity contribution in [3.05, 3.63) is 24.2 Å². The summed E-state index contributed by atoms with van der Waals surface area (Å²) in [6.07, 6.45) is 3.39. The second kappa shape index (κ2) is 4.95. The number of amides is 1. The standard InChI is InChI=1S/C10H14N2O3/c13-10(9-2-1-7-14-9)12-15-8-3-5-11-6-4-8/h1-2,7-8,11H,3-6H2,(H,12,13). The van der Waals surface area contributed by atoms with Gasteiger partial charge in [0.1, 0.15) is 0 Å². The number of nitrogens with one attached hydrogen (secondary N) is 2. The van der Waals surface area contributed by atoms with Gasteiger partial charge in [-0.25, -0.2) is 5.48 Å². The van der Waals surface area contributed by atoms with Gasteiger partial charge in [-0.05, 0) is 38.1 Å². The number of carbonyl (C=O) groups excluding carboxylic acids is 1. The van der Waals surface area contributed by atoms with E-state index < -0.39 is 0 Å². The number of carbonyl (C=O) groups is 1. The molecule has 0 unspecified atom stereocenters. The highest BCUT2D eigenvalue weighted by atomic mass is 16.7. The third-order valence-electron chi connectivity index (χ3n) is 2.35. The summed E-state index contributed by atoms with van der Waals surface area (Å²) >= 11 is 0. The molecule has 2 N–H and O–H groups in total. The van der Waals surface area contributed by atoms with Crippen molar-refractivity contribution < 1.29 is 14.0 Å². The predicted molar refractivity (Wildman–Crippen MR) is 53.2 cm³/mol. The number of hydrogen-bond donors (Lipinski definition) is 2. The minimum atomic E-state index is -0.335. The predicted octanol–water partition coefficient (Wildman–Crippen LogP) is 0.693. The first kappa shape index (κ1) is 10.2. The molecule has 1 fully saturated rings. The summed E-state index contributed by atoms with van der Waals surface area (Å²) in [5.41, 5.74) is 2.39. The van der Waals surface area contributed by atoms with Gasteiger partial charge in [-0.15, -0.1) is 0 Å². The molecular formula is C10H14N2O3. The van der Waals surface area contributed by atoms with Crippen LogP contribution in [0.1, 0.15) is 23.4 Å². The molecule has 0 aromatic carbocycles. The maximum Gasteiger partial charge on any atom is 0.310 e. The topological polar surface area (TPSA) is 63.5 Å². The normalized spacial score (nSPS) is 17.6. The van der Waals surface area contributed by atoms with Crippen molar-refractivity contribution in [1.82, 2.24) is 10.8 Å². The zero-order chi connectivity index (χ0) is 10.5. The van der Waals surface area contributed by atoms with E-state index in [9.17, 15) is 4.79 Å². The molecule has 5 heteroatoms.